The molecule has 0 aliphatic carbocycles. The second kappa shape index (κ2) is 24.6. The Bertz CT molecular complexity index is 406. The summed E-state index contributed by atoms with van der Waals surface area (Å²) in [6.07, 6.45) is 38.8. The van der Waals surface area contributed by atoms with Crippen LogP contribution in [-0.4, -0.2) is 12.1 Å². The lowest BCUT2D eigenvalue weighted by Crippen LogP contribution is -2.06. The van der Waals surface area contributed by atoms with Gasteiger partial charge >= 0.3 is 5.97 Å². The van der Waals surface area contributed by atoms with Crippen molar-refractivity contribution in [1.29, 1.82) is 0 Å². The molecular weight excluding hydrogens is 404 g/mol. The number of hydrogen-bond acceptors (Lipinski definition) is 2. The minimum Gasteiger partial charge on any atom is -0.462 e. The van der Waals surface area contributed by atoms with Gasteiger partial charge in [-0.2, -0.15) is 0 Å². The lowest BCUT2D eigenvalue weighted by molar-refractivity contribution is -0.141. The highest BCUT2D eigenvalue weighted by Gasteiger charge is 2.22. The predicted octanol–water partition coefficient (Wildman–Crippen LogP) is 10.9. The number of carbonyl (C=O) groups is 1. The second-order valence-corrected chi connectivity index (χ2v) is 10.9. The number of rotatable bonds is 26. The zero-order valence-corrected chi connectivity index (χ0v) is 22.7. The third-order valence-electron chi connectivity index (χ3n) is 7.60. The number of unbranched alkanes of at least 4 members (excludes halogenated alkanes) is 24. The molecule has 1 saturated heterocycles. The molecule has 0 aromatic rings. The quantitative estimate of drug-likeness (QED) is 0.0939. The van der Waals surface area contributed by atoms with Crippen molar-refractivity contribution >= 4 is 5.97 Å². The fraction of sp³-hybridized carbons (Fsp3) is 0.968. The lowest BCUT2D eigenvalue weighted by Gasteiger charge is -2.08. The van der Waals surface area contributed by atoms with Crippen LogP contribution >= 0.6 is 0 Å². The molecule has 1 rings (SSSR count). The summed E-state index contributed by atoms with van der Waals surface area (Å²) >= 11 is 0. The maximum atomic E-state index is 11.1. The standard InChI is InChI=1S/C31H60O2/c1-2-3-4-5-6-7-8-9-10-11-12-13-14-15-16-17-18-19-20-21-22-23-24-25-26-27-30-28-29-31(32)33-30/h30H,2-29H2,1H3/t30-/m1/s1. The Balaban J connectivity index is 1.62. The van der Waals surface area contributed by atoms with Crippen LogP contribution in [0.2, 0.25) is 0 Å². The molecule has 0 spiro atoms. The Morgan fingerprint density at radius 2 is 0.818 bits per heavy atom. The van der Waals surface area contributed by atoms with Gasteiger partial charge in [-0.25, -0.2) is 0 Å². The lowest BCUT2D eigenvalue weighted by atomic mass is 10.0. The third-order valence-corrected chi connectivity index (χ3v) is 7.60. The maximum Gasteiger partial charge on any atom is 0.306 e. The molecule has 0 unspecified atom stereocenters. The van der Waals surface area contributed by atoms with Crippen LogP contribution in [0.4, 0.5) is 0 Å². The van der Waals surface area contributed by atoms with Crippen molar-refractivity contribution in [2.24, 2.45) is 0 Å². The third kappa shape index (κ3) is 21.7. The molecule has 1 aliphatic heterocycles. The zero-order chi connectivity index (χ0) is 23.7. The van der Waals surface area contributed by atoms with Crippen LogP contribution in [-0.2, 0) is 9.53 Å². The largest absolute Gasteiger partial charge is 0.462 e. The number of ether oxygens (including phenoxy) is 1. The predicted molar refractivity (Wildman–Crippen MR) is 145 cm³/mol. The van der Waals surface area contributed by atoms with E-state index in [0.717, 1.165) is 12.8 Å². The van der Waals surface area contributed by atoms with Gasteiger partial charge in [0.2, 0.25) is 0 Å². The first-order valence-corrected chi connectivity index (χ1v) is 15.5. The molecular formula is C31H60O2. The van der Waals surface area contributed by atoms with Crippen molar-refractivity contribution in [1.82, 2.24) is 0 Å². The fourth-order valence-corrected chi connectivity index (χ4v) is 5.30. The summed E-state index contributed by atoms with van der Waals surface area (Å²) in [6, 6.07) is 0. The smallest absolute Gasteiger partial charge is 0.306 e. The molecule has 33 heavy (non-hydrogen) atoms. The Morgan fingerprint density at radius 3 is 1.09 bits per heavy atom. The average molecular weight is 465 g/mol. The Kier molecular flexibility index (Phi) is 22.7. The molecule has 2 heteroatoms. The number of hydrogen-bond donors (Lipinski definition) is 0. The SMILES string of the molecule is CCCCCCCCCCCCCCCCCCCCCCCCCCC[C@@H]1CCC(=O)O1. The van der Waals surface area contributed by atoms with E-state index in [-0.39, 0.29) is 12.1 Å². The summed E-state index contributed by atoms with van der Waals surface area (Å²) in [5.41, 5.74) is 0. The van der Waals surface area contributed by atoms with Crippen molar-refractivity contribution in [3.8, 4) is 0 Å². The second-order valence-electron chi connectivity index (χ2n) is 10.9. The van der Waals surface area contributed by atoms with Crippen molar-refractivity contribution in [3.05, 3.63) is 0 Å². The van der Waals surface area contributed by atoms with E-state index in [1.54, 1.807) is 0 Å². The summed E-state index contributed by atoms with van der Waals surface area (Å²) in [5.74, 6) is 0.0135. The molecule has 196 valence electrons. The van der Waals surface area contributed by atoms with E-state index in [1.165, 1.54) is 161 Å². The van der Waals surface area contributed by atoms with Crippen molar-refractivity contribution in [3.63, 3.8) is 0 Å². The van der Waals surface area contributed by atoms with Crippen LogP contribution in [0.15, 0.2) is 0 Å². The van der Waals surface area contributed by atoms with Crippen LogP contribution in [0.1, 0.15) is 187 Å². The van der Waals surface area contributed by atoms with Gasteiger partial charge in [0.25, 0.3) is 0 Å². The fourth-order valence-electron chi connectivity index (χ4n) is 5.30. The Hall–Kier alpha value is -0.530. The Morgan fingerprint density at radius 1 is 0.515 bits per heavy atom. The summed E-state index contributed by atoms with van der Waals surface area (Å²) in [7, 11) is 0. The molecule has 1 fully saturated rings. The number of cyclic esters (lactones) is 1. The molecule has 0 aromatic carbocycles. The van der Waals surface area contributed by atoms with E-state index in [2.05, 4.69) is 6.92 Å². The highest BCUT2D eigenvalue weighted by Crippen LogP contribution is 2.20. The van der Waals surface area contributed by atoms with Gasteiger partial charge in [0.1, 0.15) is 6.10 Å². The molecule has 1 atom stereocenters. The van der Waals surface area contributed by atoms with Gasteiger partial charge < -0.3 is 4.74 Å². The summed E-state index contributed by atoms with van der Waals surface area (Å²) in [6.45, 7) is 2.30. The first-order valence-electron chi connectivity index (χ1n) is 15.5. The van der Waals surface area contributed by atoms with Crippen LogP contribution in [0.3, 0.4) is 0 Å². The summed E-state index contributed by atoms with van der Waals surface area (Å²) in [5, 5.41) is 0. The van der Waals surface area contributed by atoms with E-state index in [9.17, 15) is 4.79 Å². The maximum absolute atomic E-state index is 11.1. The zero-order valence-electron chi connectivity index (χ0n) is 22.7. The van der Waals surface area contributed by atoms with E-state index >= 15 is 0 Å². The molecule has 0 bridgehead atoms. The van der Waals surface area contributed by atoms with Gasteiger partial charge in [-0.15, -0.1) is 0 Å². The van der Waals surface area contributed by atoms with E-state index < -0.39 is 0 Å². The van der Waals surface area contributed by atoms with Crippen LogP contribution in [0.25, 0.3) is 0 Å². The normalized spacial score (nSPS) is 15.9. The minimum absolute atomic E-state index is 0.0135. The molecule has 0 radical (unpaired) electrons. The minimum atomic E-state index is 0.0135. The topological polar surface area (TPSA) is 26.3 Å². The van der Waals surface area contributed by atoms with Crippen LogP contribution < -0.4 is 0 Å². The number of carbonyl (C=O) groups excluding carboxylic acids is 1. The van der Waals surface area contributed by atoms with Gasteiger partial charge in [0, 0.05) is 6.42 Å². The molecule has 0 aromatic heterocycles. The van der Waals surface area contributed by atoms with E-state index in [1.807, 2.05) is 0 Å². The van der Waals surface area contributed by atoms with Crippen molar-refractivity contribution < 1.29 is 9.53 Å². The Labute approximate surface area is 208 Å². The molecule has 0 amide bonds. The molecule has 2 nitrogen and oxygen atoms in total. The monoisotopic (exact) mass is 464 g/mol. The summed E-state index contributed by atoms with van der Waals surface area (Å²) < 4.78 is 5.28. The first kappa shape index (κ1) is 30.5. The molecule has 1 heterocycles. The highest BCUT2D eigenvalue weighted by atomic mass is 16.5. The van der Waals surface area contributed by atoms with E-state index in [4.69, 9.17) is 4.74 Å². The highest BCUT2D eigenvalue weighted by molar-refractivity contribution is 5.71. The van der Waals surface area contributed by atoms with Crippen molar-refractivity contribution in [2.45, 2.75) is 193 Å². The first-order chi connectivity index (χ1) is 16.3. The molecule has 1 aliphatic rings. The molecule has 0 saturated carbocycles. The van der Waals surface area contributed by atoms with Crippen LogP contribution in [0.5, 0.6) is 0 Å². The van der Waals surface area contributed by atoms with E-state index in [0.29, 0.717) is 6.42 Å². The summed E-state index contributed by atoms with van der Waals surface area (Å²) in [4.78, 5) is 11.1. The van der Waals surface area contributed by atoms with Gasteiger partial charge in [-0.3, -0.25) is 4.79 Å². The van der Waals surface area contributed by atoms with Crippen molar-refractivity contribution in [2.75, 3.05) is 0 Å². The van der Waals surface area contributed by atoms with Gasteiger partial charge in [0.05, 0.1) is 0 Å². The molecule has 0 N–H and O–H groups in total. The average Bonchev–Trinajstić information content (AvgIpc) is 3.24. The van der Waals surface area contributed by atoms with Crippen LogP contribution in [0, 0.1) is 0 Å². The number of esters is 1. The van der Waals surface area contributed by atoms with Gasteiger partial charge in [0.15, 0.2) is 0 Å². The van der Waals surface area contributed by atoms with Gasteiger partial charge in [-0.1, -0.05) is 161 Å². The van der Waals surface area contributed by atoms with Gasteiger partial charge in [-0.05, 0) is 19.3 Å².